The lowest BCUT2D eigenvalue weighted by Crippen LogP contribution is -2.73. The molecule has 0 aromatic heterocycles. The van der Waals surface area contributed by atoms with Crippen molar-refractivity contribution in [2.75, 3.05) is 0 Å². The van der Waals surface area contributed by atoms with Crippen LogP contribution in [0.5, 0.6) is 5.75 Å². The Labute approximate surface area is 155 Å². The molecule has 1 aliphatic heterocycles. The molecule has 1 atom stereocenters. The largest absolute Gasteiger partial charge is 0.507 e. The first kappa shape index (κ1) is 15.8. The van der Waals surface area contributed by atoms with Crippen molar-refractivity contribution in [1.82, 2.24) is 0 Å². The lowest BCUT2D eigenvalue weighted by molar-refractivity contribution is -0.363. The van der Waals surface area contributed by atoms with E-state index in [4.69, 9.17) is 4.74 Å². The normalized spacial score (nSPS) is 20.0. The van der Waals surface area contributed by atoms with Gasteiger partial charge in [0.1, 0.15) is 11.3 Å². The predicted molar refractivity (Wildman–Crippen MR) is 98.8 cm³/mol. The van der Waals surface area contributed by atoms with Crippen LogP contribution < -0.4 is 9.73 Å². The molecule has 2 N–H and O–H groups in total. The molecule has 2 aromatic rings. The third kappa shape index (κ3) is 2.08. The smallest absolute Gasteiger partial charge is 0.246 e. The summed E-state index contributed by atoms with van der Waals surface area (Å²) in [5, 5.41) is 10.5. The molecule has 1 unspecified atom stereocenters. The summed E-state index contributed by atoms with van der Waals surface area (Å²) in [7, 11) is 0. The minimum absolute atomic E-state index is 0.0360. The molecule has 0 amide bonds. The van der Waals surface area contributed by atoms with E-state index < -0.39 is 6.10 Å². The molecule has 0 fully saturated rings. The average Bonchev–Trinajstić information content (AvgIpc) is 2.64. The molecule has 27 heavy (non-hydrogen) atoms. The van der Waals surface area contributed by atoms with Gasteiger partial charge in [-0.15, -0.1) is 0 Å². The molecule has 5 heteroatoms. The molecule has 1 heterocycles. The molecule has 0 saturated carbocycles. The highest BCUT2D eigenvalue weighted by atomic mass is 16.5. The number of hydrogen-bond acceptors (Lipinski definition) is 4. The van der Waals surface area contributed by atoms with Gasteiger partial charge in [-0.05, 0) is 25.0 Å². The molecule has 0 radical (unpaired) electrons. The van der Waals surface area contributed by atoms with Gasteiger partial charge in [-0.3, -0.25) is 9.59 Å². The Bertz CT molecular complexity index is 1170. The number of ketones is 2. The van der Waals surface area contributed by atoms with Crippen LogP contribution >= 0.6 is 0 Å². The number of Topliss-reactive ketones (excluding diaryl/α,β-unsaturated/α-hetero) is 2. The Hall–Kier alpha value is -3.47. The summed E-state index contributed by atoms with van der Waals surface area (Å²) in [5.41, 5.74) is 4.14. The first-order chi connectivity index (χ1) is 13.0. The van der Waals surface area contributed by atoms with E-state index in [0.29, 0.717) is 22.6 Å². The Kier molecular flexibility index (Phi) is 3.07. The van der Waals surface area contributed by atoms with Crippen LogP contribution in [0.15, 0.2) is 59.4 Å². The summed E-state index contributed by atoms with van der Waals surface area (Å²) in [6.07, 6.45) is 0.822. The number of fused-ring (bicyclic) bond motifs is 4. The molecule has 0 bridgehead atoms. The number of benzene rings is 2. The Morgan fingerprint density at radius 2 is 1.67 bits per heavy atom. The predicted octanol–water partition coefficient (Wildman–Crippen LogP) is 2.05. The highest BCUT2D eigenvalue weighted by Gasteiger charge is 2.46. The number of carbonyl (C=O) groups excluding carboxylic acids is 2. The third-order valence-electron chi connectivity index (χ3n) is 5.17. The topological polar surface area (TPSA) is 77.6 Å². The minimum Gasteiger partial charge on any atom is -0.507 e. The van der Waals surface area contributed by atoms with Crippen LogP contribution in [0.4, 0.5) is 5.69 Å². The fourth-order valence-electron chi connectivity index (χ4n) is 4.03. The number of allylic oxidation sites excluding steroid dienone is 1. The number of aryl methyl sites for hydroxylation is 2. The highest BCUT2D eigenvalue weighted by molar-refractivity contribution is 6.39. The lowest BCUT2D eigenvalue weighted by Gasteiger charge is -2.28. The van der Waals surface area contributed by atoms with Crippen LogP contribution in [0, 0.1) is 13.8 Å². The molecule has 0 saturated heterocycles. The minimum atomic E-state index is -0.653. The molecular weight excluding hydrogens is 342 g/mol. The molecule has 132 valence electrons. The Balaban J connectivity index is 1.78. The number of ether oxygens (including phenoxy) is 1. The van der Waals surface area contributed by atoms with E-state index in [0.717, 1.165) is 16.8 Å². The maximum absolute atomic E-state index is 13.2. The Morgan fingerprint density at radius 1 is 1.00 bits per heavy atom. The zero-order chi connectivity index (χ0) is 18.9. The van der Waals surface area contributed by atoms with E-state index in [-0.39, 0.29) is 28.5 Å². The number of aliphatic hydroxyl groups is 1. The summed E-state index contributed by atoms with van der Waals surface area (Å²) in [4.78, 5) is 29.4. The fourth-order valence-corrected chi connectivity index (χ4v) is 4.03. The van der Waals surface area contributed by atoms with Gasteiger partial charge in [0, 0.05) is 23.3 Å². The SMILES string of the molecule is Cc1cc(C)c2c(c1)[NH+]=C1C3=C(C(=O)c4ccccc4C3=O)C(O)=CC1O2. The first-order valence-corrected chi connectivity index (χ1v) is 8.71. The van der Waals surface area contributed by atoms with Crippen molar-refractivity contribution in [2.24, 2.45) is 0 Å². The van der Waals surface area contributed by atoms with E-state index in [2.05, 4.69) is 4.99 Å². The molecule has 5 rings (SSSR count). The second-order valence-electron chi connectivity index (χ2n) is 7.04. The number of rotatable bonds is 0. The van der Waals surface area contributed by atoms with Gasteiger partial charge in [-0.1, -0.05) is 30.3 Å². The van der Waals surface area contributed by atoms with E-state index in [9.17, 15) is 14.7 Å². The van der Waals surface area contributed by atoms with Gasteiger partial charge in [-0.25, -0.2) is 4.99 Å². The third-order valence-corrected chi connectivity index (χ3v) is 5.17. The maximum Gasteiger partial charge on any atom is 0.246 e. The van der Waals surface area contributed by atoms with Gasteiger partial charge in [0.2, 0.25) is 23.3 Å². The standard InChI is InChI=1S/C22H15NO4/c1-10-7-11(2)22-14(8-10)23-19-16(27-22)9-15(24)17-18(19)21(26)13-6-4-3-5-12(13)20(17)25/h3-9,16,24H,1-2H3/p+1. The van der Waals surface area contributed by atoms with Crippen molar-refractivity contribution in [2.45, 2.75) is 20.0 Å². The molecule has 3 aliphatic rings. The number of aliphatic hydroxyl groups excluding tert-OH is 1. The molecule has 5 nitrogen and oxygen atoms in total. The van der Waals surface area contributed by atoms with Crippen molar-refractivity contribution in [3.05, 3.63) is 81.6 Å². The number of carbonyl (C=O) groups is 2. The summed E-state index contributed by atoms with van der Waals surface area (Å²) >= 11 is 0. The summed E-state index contributed by atoms with van der Waals surface area (Å²) in [6.45, 7) is 3.93. The number of nitrogens with one attached hydrogen (secondary N) is 1. The van der Waals surface area contributed by atoms with Gasteiger partial charge in [0.25, 0.3) is 0 Å². The van der Waals surface area contributed by atoms with Crippen LogP contribution in [-0.2, 0) is 0 Å². The molecular formula is C22H16NO4+. The highest BCUT2D eigenvalue weighted by Crippen LogP contribution is 2.37. The maximum atomic E-state index is 13.2. The van der Waals surface area contributed by atoms with Crippen LogP contribution in [0.2, 0.25) is 0 Å². The van der Waals surface area contributed by atoms with Crippen molar-refractivity contribution < 1.29 is 24.4 Å². The van der Waals surface area contributed by atoms with E-state index >= 15 is 0 Å². The van der Waals surface area contributed by atoms with Crippen LogP contribution in [0.25, 0.3) is 0 Å². The monoisotopic (exact) mass is 358 g/mol. The summed E-state index contributed by atoms with van der Waals surface area (Å²) in [5.74, 6) is -0.184. The lowest BCUT2D eigenvalue weighted by atomic mass is 9.77. The first-order valence-electron chi connectivity index (χ1n) is 8.71. The molecule has 2 aliphatic carbocycles. The van der Waals surface area contributed by atoms with Gasteiger partial charge in [-0.2, -0.15) is 0 Å². The molecule has 2 aromatic carbocycles. The average molecular weight is 358 g/mol. The zero-order valence-electron chi connectivity index (χ0n) is 14.8. The van der Waals surface area contributed by atoms with Crippen molar-refractivity contribution in [3.63, 3.8) is 0 Å². The van der Waals surface area contributed by atoms with Crippen molar-refractivity contribution in [1.29, 1.82) is 0 Å². The second kappa shape index (κ2) is 5.27. The van der Waals surface area contributed by atoms with E-state index in [1.807, 2.05) is 26.0 Å². The van der Waals surface area contributed by atoms with Gasteiger partial charge in [0.05, 0.1) is 5.57 Å². The van der Waals surface area contributed by atoms with E-state index in [1.165, 1.54) is 6.08 Å². The Morgan fingerprint density at radius 3 is 2.37 bits per heavy atom. The van der Waals surface area contributed by atoms with Gasteiger partial charge < -0.3 is 9.84 Å². The zero-order valence-corrected chi connectivity index (χ0v) is 14.8. The van der Waals surface area contributed by atoms with Crippen molar-refractivity contribution in [3.8, 4) is 5.75 Å². The summed E-state index contributed by atoms with van der Waals surface area (Å²) < 4.78 is 6.08. The van der Waals surface area contributed by atoms with Gasteiger partial charge in [0.15, 0.2) is 11.5 Å². The van der Waals surface area contributed by atoms with E-state index in [1.54, 1.807) is 24.3 Å². The number of hydrogen-bond donors (Lipinski definition) is 2. The second-order valence-corrected chi connectivity index (χ2v) is 7.04. The van der Waals surface area contributed by atoms with Gasteiger partial charge >= 0.3 is 0 Å². The van der Waals surface area contributed by atoms with Crippen molar-refractivity contribution >= 4 is 23.0 Å². The van der Waals surface area contributed by atoms with Crippen LogP contribution in [-0.4, -0.2) is 28.5 Å². The summed E-state index contributed by atoms with van der Waals surface area (Å²) in [6, 6.07) is 10.6. The molecule has 0 spiro atoms. The van der Waals surface area contributed by atoms with Crippen LogP contribution in [0.1, 0.15) is 31.8 Å². The fraction of sp³-hybridized carbons (Fsp3) is 0.136. The quantitative estimate of drug-likeness (QED) is 0.756. The van der Waals surface area contributed by atoms with Crippen LogP contribution in [0.3, 0.4) is 0 Å².